The second-order valence-electron chi connectivity index (χ2n) is 5.39. The summed E-state index contributed by atoms with van der Waals surface area (Å²) in [4.78, 5) is 36.9. The molecule has 0 saturated heterocycles. The molecule has 0 radical (unpaired) electrons. The summed E-state index contributed by atoms with van der Waals surface area (Å²) in [7, 11) is 0. The standard InChI is InChI=1S/C17H11N3O6/c1-10-13(6-3-7-15(10)20(24)25)16-18-14(17(21)26-16)9-11-4-2-5-12(8-11)19(22)23/h2-9H,1H3/b14-9+. The lowest BCUT2D eigenvalue weighted by atomic mass is 10.1. The van der Waals surface area contributed by atoms with Gasteiger partial charge in [0.1, 0.15) is 0 Å². The van der Waals surface area contributed by atoms with Crippen molar-refractivity contribution in [2.24, 2.45) is 4.99 Å². The van der Waals surface area contributed by atoms with E-state index in [4.69, 9.17) is 4.74 Å². The zero-order valence-corrected chi connectivity index (χ0v) is 13.4. The lowest BCUT2D eigenvalue weighted by Gasteiger charge is -2.04. The van der Waals surface area contributed by atoms with Crippen LogP contribution in [-0.2, 0) is 9.53 Å². The summed E-state index contributed by atoms with van der Waals surface area (Å²) in [6.07, 6.45) is 1.36. The van der Waals surface area contributed by atoms with E-state index < -0.39 is 15.8 Å². The van der Waals surface area contributed by atoms with Gasteiger partial charge < -0.3 is 4.74 Å². The predicted molar refractivity (Wildman–Crippen MR) is 91.5 cm³/mol. The van der Waals surface area contributed by atoms with E-state index in [1.807, 2.05) is 0 Å². The van der Waals surface area contributed by atoms with Gasteiger partial charge >= 0.3 is 5.97 Å². The average molecular weight is 353 g/mol. The largest absolute Gasteiger partial charge is 0.402 e. The normalized spacial score (nSPS) is 14.9. The molecule has 9 nitrogen and oxygen atoms in total. The molecule has 0 unspecified atom stereocenters. The number of rotatable bonds is 4. The third-order valence-corrected chi connectivity index (χ3v) is 3.74. The van der Waals surface area contributed by atoms with Gasteiger partial charge in [-0.05, 0) is 24.6 Å². The van der Waals surface area contributed by atoms with Crippen molar-refractivity contribution < 1.29 is 19.4 Å². The summed E-state index contributed by atoms with van der Waals surface area (Å²) in [6.45, 7) is 1.53. The quantitative estimate of drug-likeness (QED) is 0.360. The van der Waals surface area contributed by atoms with Crippen LogP contribution in [0, 0.1) is 27.2 Å². The summed E-state index contributed by atoms with van der Waals surface area (Å²) >= 11 is 0. The molecule has 0 aromatic heterocycles. The Morgan fingerprint density at radius 3 is 2.50 bits per heavy atom. The number of esters is 1. The van der Waals surface area contributed by atoms with Gasteiger partial charge in [0.25, 0.3) is 11.4 Å². The van der Waals surface area contributed by atoms with Crippen LogP contribution in [0.3, 0.4) is 0 Å². The molecule has 0 amide bonds. The Balaban J connectivity index is 2.00. The van der Waals surface area contributed by atoms with E-state index in [0.717, 1.165) is 0 Å². The maximum atomic E-state index is 12.0. The van der Waals surface area contributed by atoms with Crippen LogP contribution >= 0.6 is 0 Å². The highest BCUT2D eigenvalue weighted by atomic mass is 16.6. The molecule has 0 aliphatic carbocycles. The molecular formula is C17H11N3O6. The molecule has 130 valence electrons. The molecule has 0 bridgehead atoms. The number of carbonyl (C=O) groups is 1. The van der Waals surface area contributed by atoms with Gasteiger partial charge in [-0.15, -0.1) is 0 Å². The molecule has 0 atom stereocenters. The lowest BCUT2D eigenvalue weighted by Crippen LogP contribution is -2.08. The Labute approximate surface area is 146 Å². The first-order valence-electron chi connectivity index (χ1n) is 7.38. The topological polar surface area (TPSA) is 125 Å². The van der Waals surface area contributed by atoms with Crippen LogP contribution in [0.2, 0.25) is 0 Å². The molecule has 2 aromatic rings. The first-order valence-corrected chi connectivity index (χ1v) is 7.38. The van der Waals surface area contributed by atoms with E-state index in [-0.39, 0.29) is 23.0 Å². The van der Waals surface area contributed by atoms with E-state index in [0.29, 0.717) is 16.7 Å². The Morgan fingerprint density at radius 1 is 1.08 bits per heavy atom. The second kappa shape index (κ2) is 6.55. The summed E-state index contributed by atoms with van der Waals surface area (Å²) in [5, 5.41) is 21.9. The molecule has 0 N–H and O–H groups in total. The maximum absolute atomic E-state index is 12.0. The number of carbonyl (C=O) groups excluding carboxylic acids is 1. The Kier molecular flexibility index (Phi) is 4.27. The lowest BCUT2D eigenvalue weighted by molar-refractivity contribution is -0.385. The number of hydrogen-bond donors (Lipinski definition) is 0. The second-order valence-corrected chi connectivity index (χ2v) is 5.39. The molecule has 0 saturated carbocycles. The van der Waals surface area contributed by atoms with E-state index in [1.165, 1.54) is 43.3 Å². The number of nitrogens with zero attached hydrogens (tertiary/aromatic N) is 3. The summed E-state index contributed by atoms with van der Waals surface area (Å²) in [6, 6.07) is 10.1. The van der Waals surface area contributed by atoms with Gasteiger partial charge in [0.2, 0.25) is 5.90 Å². The number of aliphatic imine (C=N–C) groups is 1. The van der Waals surface area contributed by atoms with Crippen molar-refractivity contribution in [1.82, 2.24) is 0 Å². The number of hydrogen-bond acceptors (Lipinski definition) is 7. The van der Waals surface area contributed by atoms with Crippen LogP contribution in [0.15, 0.2) is 53.2 Å². The summed E-state index contributed by atoms with van der Waals surface area (Å²) in [5.74, 6) is -0.787. The molecule has 1 aliphatic rings. The smallest absolute Gasteiger partial charge is 0.363 e. The third kappa shape index (κ3) is 3.18. The van der Waals surface area contributed by atoms with Gasteiger partial charge in [0.05, 0.1) is 9.85 Å². The van der Waals surface area contributed by atoms with Crippen molar-refractivity contribution in [3.05, 3.63) is 85.1 Å². The Bertz CT molecular complexity index is 1010. The van der Waals surface area contributed by atoms with Crippen molar-refractivity contribution in [1.29, 1.82) is 0 Å². The maximum Gasteiger partial charge on any atom is 0.363 e. The highest BCUT2D eigenvalue weighted by Crippen LogP contribution is 2.26. The molecular weight excluding hydrogens is 342 g/mol. The van der Waals surface area contributed by atoms with Crippen LogP contribution in [0.25, 0.3) is 6.08 Å². The molecule has 0 spiro atoms. The summed E-state index contributed by atoms with van der Waals surface area (Å²) in [5.41, 5.74) is 0.774. The number of nitro benzene ring substituents is 2. The van der Waals surface area contributed by atoms with Gasteiger partial charge in [-0.25, -0.2) is 9.79 Å². The number of benzene rings is 2. The van der Waals surface area contributed by atoms with Crippen molar-refractivity contribution in [3.8, 4) is 0 Å². The van der Waals surface area contributed by atoms with Crippen LogP contribution in [0.4, 0.5) is 11.4 Å². The fraction of sp³-hybridized carbons (Fsp3) is 0.0588. The highest BCUT2D eigenvalue weighted by molar-refractivity contribution is 6.13. The van der Waals surface area contributed by atoms with E-state index in [9.17, 15) is 25.0 Å². The number of nitro groups is 2. The minimum Gasteiger partial charge on any atom is -0.402 e. The van der Waals surface area contributed by atoms with Crippen molar-refractivity contribution >= 4 is 29.3 Å². The molecule has 1 aliphatic heterocycles. The molecule has 2 aromatic carbocycles. The highest BCUT2D eigenvalue weighted by Gasteiger charge is 2.27. The fourth-order valence-corrected chi connectivity index (χ4v) is 2.46. The number of non-ortho nitro benzene ring substituents is 1. The Morgan fingerprint density at radius 2 is 1.81 bits per heavy atom. The minimum atomic E-state index is -0.739. The van der Waals surface area contributed by atoms with Crippen molar-refractivity contribution in [2.45, 2.75) is 6.92 Å². The first-order chi connectivity index (χ1) is 12.4. The van der Waals surface area contributed by atoms with Crippen LogP contribution in [-0.4, -0.2) is 21.7 Å². The Hall–Kier alpha value is -3.88. The molecule has 3 rings (SSSR count). The van der Waals surface area contributed by atoms with E-state index in [2.05, 4.69) is 4.99 Å². The monoisotopic (exact) mass is 353 g/mol. The zero-order chi connectivity index (χ0) is 18.8. The van der Waals surface area contributed by atoms with Gasteiger partial charge in [-0.3, -0.25) is 20.2 Å². The SMILES string of the molecule is Cc1c(C2=N/C(=C/c3cccc([N+](=O)[O-])c3)C(=O)O2)cccc1[N+](=O)[O-]. The van der Waals surface area contributed by atoms with Crippen LogP contribution in [0.1, 0.15) is 16.7 Å². The van der Waals surface area contributed by atoms with Gasteiger partial charge in [0, 0.05) is 29.3 Å². The van der Waals surface area contributed by atoms with Gasteiger partial charge in [0.15, 0.2) is 5.70 Å². The van der Waals surface area contributed by atoms with E-state index in [1.54, 1.807) is 12.1 Å². The molecule has 0 fully saturated rings. The molecule has 9 heteroatoms. The predicted octanol–water partition coefficient (Wildman–Crippen LogP) is 3.16. The fourth-order valence-electron chi connectivity index (χ4n) is 2.46. The van der Waals surface area contributed by atoms with E-state index >= 15 is 0 Å². The average Bonchev–Trinajstić information content (AvgIpc) is 2.95. The molecule has 1 heterocycles. The zero-order valence-electron chi connectivity index (χ0n) is 13.4. The van der Waals surface area contributed by atoms with Crippen molar-refractivity contribution in [2.75, 3.05) is 0 Å². The minimum absolute atomic E-state index is 0.0483. The third-order valence-electron chi connectivity index (χ3n) is 3.74. The number of ether oxygens (including phenoxy) is 1. The molecule has 26 heavy (non-hydrogen) atoms. The van der Waals surface area contributed by atoms with Crippen molar-refractivity contribution in [3.63, 3.8) is 0 Å². The first kappa shape index (κ1) is 17.0. The van der Waals surface area contributed by atoms with Gasteiger partial charge in [-0.1, -0.05) is 18.2 Å². The van der Waals surface area contributed by atoms with Crippen LogP contribution in [0.5, 0.6) is 0 Å². The van der Waals surface area contributed by atoms with Gasteiger partial charge in [-0.2, -0.15) is 0 Å². The van der Waals surface area contributed by atoms with Crippen LogP contribution < -0.4 is 0 Å². The number of cyclic esters (lactones) is 1. The summed E-state index contributed by atoms with van der Waals surface area (Å²) < 4.78 is 5.11.